The van der Waals surface area contributed by atoms with Gasteiger partial charge in [-0.05, 0) is 29.5 Å². The molecule has 10 nitrogen and oxygen atoms in total. The van der Waals surface area contributed by atoms with Crippen LogP contribution < -0.4 is 5.32 Å². The molecule has 2 heterocycles. The van der Waals surface area contributed by atoms with Crippen LogP contribution in [0.25, 0.3) is 11.4 Å². The Morgan fingerprint density at radius 3 is 2.75 bits per heavy atom. The molecule has 0 bridgehead atoms. The quantitative estimate of drug-likeness (QED) is 0.531. The highest BCUT2D eigenvalue weighted by Crippen LogP contribution is 2.18. The maximum absolute atomic E-state index is 11.8. The van der Waals surface area contributed by atoms with Crippen LogP contribution in [0, 0.1) is 10.1 Å². The summed E-state index contributed by atoms with van der Waals surface area (Å²) < 4.78 is 5.11. The first-order valence-electron chi connectivity index (χ1n) is 6.93. The fourth-order valence-electron chi connectivity index (χ4n) is 1.94. The number of tetrazole rings is 1. The fourth-order valence-corrected chi connectivity index (χ4v) is 1.94. The Morgan fingerprint density at radius 2 is 2.08 bits per heavy atom. The van der Waals surface area contributed by atoms with Crippen molar-refractivity contribution >= 4 is 11.6 Å². The summed E-state index contributed by atoms with van der Waals surface area (Å²) >= 11 is 0. The molecule has 1 aromatic carbocycles. The van der Waals surface area contributed by atoms with Gasteiger partial charge in [0, 0.05) is 17.7 Å². The second kappa shape index (κ2) is 6.69. The van der Waals surface area contributed by atoms with Gasteiger partial charge in [-0.1, -0.05) is 0 Å². The Balaban J connectivity index is 1.60. The standard InChI is InChI=1S/C14H12N6O4/c21-13(15-8-12-2-1-7-24-12)9-19-17-14(16-18-19)10-3-5-11(6-4-10)20(22)23/h1-7H,8-9H2,(H,15,21). The second-order valence-electron chi connectivity index (χ2n) is 4.80. The first-order chi connectivity index (χ1) is 11.6. The van der Waals surface area contributed by atoms with Gasteiger partial charge in [0.05, 0.1) is 17.7 Å². The van der Waals surface area contributed by atoms with Crippen LogP contribution in [0.3, 0.4) is 0 Å². The zero-order valence-electron chi connectivity index (χ0n) is 12.3. The second-order valence-corrected chi connectivity index (χ2v) is 4.80. The zero-order chi connectivity index (χ0) is 16.9. The van der Waals surface area contributed by atoms with Gasteiger partial charge in [0.25, 0.3) is 5.69 Å². The third-order valence-electron chi connectivity index (χ3n) is 3.11. The molecule has 2 aromatic heterocycles. The molecule has 24 heavy (non-hydrogen) atoms. The molecular formula is C14H12N6O4. The van der Waals surface area contributed by atoms with Crippen LogP contribution in [0.2, 0.25) is 0 Å². The van der Waals surface area contributed by atoms with Crippen molar-refractivity contribution in [2.24, 2.45) is 0 Å². The van der Waals surface area contributed by atoms with Crippen molar-refractivity contribution in [1.29, 1.82) is 0 Å². The van der Waals surface area contributed by atoms with Crippen LogP contribution in [0.4, 0.5) is 5.69 Å². The van der Waals surface area contributed by atoms with E-state index >= 15 is 0 Å². The largest absolute Gasteiger partial charge is 0.467 e. The summed E-state index contributed by atoms with van der Waals surface area (Å²) in [7, 11) is 0. The Bertz CT molecular complexity index is 841. The third kappa shape index (κ3) is 3.61. The lowest BCUT2D eigenvalue weighted by molar-refractivity contribution is -0.384. The van der Waals surface area contributed by atoms with Crippen LogP contribution in [-0.4, -0.2) is 31.0 Å². The highest BCUT2D eigenvalue weighted by atomic mass is 16.6. The molecule has 0 aliphatic carbocycles. The van der Waals surface area contributed by atoms with Crippen molar-refractivity contribution in [2.75, 3.05) is 0 Å². The lowest BCUT2D eigenvalue weighted by Crippen LogP contribution is -2.27. The number of non-ortho nitro benzene ring substituents is 1. The number of nitrogens with zero attached hydrogens (tertiary/aromatic N) is 5. The molecule has 0 saturated heterocycles. The minimum absolute atomic E-state index is 0.0246. The van der Waals surface area contributed by atoms with E-state index in [1.807, 2.05) is 0 Å². The Labute approximate surface area is 135 Å². The number of hydrogen-bond acceptors (Lipinski definition) is 7. The van der Waals surface area contributed by atoms with E-state index in [2.05, 4.69) is 20.7 Å². The van der Waals surface area contributed by atoms with Gasteiger partial charge in [-0.25, -0.2) is 0 Å². The van der Waals surface area contributed by atoms with Gasteiger partial charge in [0.15, 0.2) is 0 Å². The van der Waals surface area contributed by atoms with Crippen molar-refractivity contribution < 1.29 is 14.1 Å². The molecule has 3 rings (SSSR count). The van der Waals surface area contributed by atoms with Crippen molar-refractivity contribution in [3.8, 4) is 11.4 Å². The van der Waals surface area contributed by atoms with Crippen molar-refractivity contribution in [1.82, 2.24) is 25.5 Å². The number of furan rings is 1. The van der Waals surface area contributed by atoms with Gasteiger partial charge >= 0.3 is 0 Å². The summed E-state index contributed by atoms with van der Waals surface area (Å²) in [6, 6.07) is 9.24. The predicted octanol–water partition coefficient (Wildman–Crippen LogP) is 1.16. The number of carbonyl (C=O) groups is 1. The molecule has 0 saturated carbocycles. The van der Waals surface area contributed by atoms with Crippen LogP contribution in [0.1, 0.15) is 5.76 Å². The Kier molecular flexibility index (Phi) is 4.27. The van der Waals surface area contributed by atoms with E-state index in [-0.39, 0.29) is 30.5 Å². The average molecular weight is 328 g/mol. The molecule has 1 N–H and O–H groups in total. The summed E-state index contributed by atoms with van der Waals surface area (Å²) in [4.78, 5) is 23.1. The number of hydrogen-bond donors (Lipinski definition) is 1. The normalized spacial score (nSPS) is 10.5. The number of nitro benzene ring substituents is 1. The van der Waals surface area contributed by atoms with E-state index in [0.29, 0.717) is 11.3 Å². The van der Waals surface area contributed by atoms with Crippen molar-refractivity contribution in [3.63, 3.8) is 0 Å². The lowest BCUT2D eigenvalue weighted by atomic mass is 10.2. The highest BCUT2D eigenvalue weighted by Gasteiger charge is 2.11. The van der Waals surface area contributed by atoms with E-state index in [0.717, 1.165) is 4.80 Å². The van der Waals surface area contributed by atoms with E-state index in [1.54, 1.807) is 12.1 Å². The fraction of sp³-hybridized carbons (Fsp3) is 0.143. The van der Waals surface area contributed by atoms with Gasteiger partial charge in [-0.15, -0.1) is 10.2 Å². The maximum Gasteiger partial charge on any atom is 0.269 e. The van der Waals surface area contributed by atoms with E-state index < -0.39 is 4.92 Å². The number of benzene rings is 1. The van der Waals surface area contributed by atoms with Gasteiger partial charge in [0.1, 0.15) is 12.3 Å². The number of amides is 1. The van der Waals surface area contributed by atoms with Crippen molar-refractivity contribution in [2.45, 2.75) is 13.1 Å². The molecule has 0 unspecified atom stereocenters. The molecule has 0 atom stereocenters. The molecule has 0 spiro atoms. The van der Waals surface area contributed by atoms with Crippen LogP contribution in [0.5, 0.6) is 0 Å². The molecule has 1 amide bonds. The number of nitro groups is 1. The Hall–Kier alpha value is -3.56. The molecular weight excluding hydrogens is 316 g/mol. The predicted molar refractivity (Wildman–Crippen MR) is 80.5 cm³/mol. The van der Waals surface area contributed by atoms with Gasteiger partial charge in [-0.2, -0.15) is 4.80 Å². The Morgan fingerprint density at radius 1 is 1.29 bits per heavy atom. The van der Waals surface area contributed by atoms with E-state index in [1.165, 1.54) is 30.5 Å². The molecule has 0 aliphatic heterocycles. The van der Waals surface area contributed by atoms with Crippen LogP contribution in [0.15, 0.2) is 47.1 Å². The van der Waals surface area contributed by atoms with Crippen LogP contribution >= 0.6 is 0 Å². The SMILES string of the molecule is O=C(Cn1nnc(-c2ccc([N+](=O)[O-])cc2)n1)NCc1ccco1. The molecule has 0 aliphatic rings. The zero-order valence-corrected chi connectivity index (χ0v) is 12.3. The number of rotatable bonds is 6. The number of aromatic nitrogens is 4. The van der Waals surface area contributed by atoms with Gasteiger partial charge in [-0.3, -0.25) is 14.9 Å². The molecule has 122 valence electrons. The topological polar surface area (TPSA) is 129 Å². The first kappa shape index (κ1) is 15.3. The highest BCUT2D eigenvalue weighted by molar-refractivity contribution is 5.75. The average Bonchev–Trinajstić information content (AvgIpc) is 3.25. The summed E-state index contributed by atoms with van der Waals surface area (Å²) in [6.45, 7) is 0.177. The first-order valence-corrected chi connectivity index (χ1v) is 6.93. The molecule has 10 heteroatoms. The van der Waals surface area contributed by atoms with E-state index in [4.69, 9.17) is 4.42 Å². The van der Waals surface area contributed by atoms with Gasteiger partial charge in [0.2, 0.25) is 11.7 Å². The summed E-state index contributed by atoms with van der Waals surface area (Å²) in [5.74, 6) is 0.629. The maximum atomic E-state index is 11.8. The summed E-state index contributed by atoms with van der Waals surface area (Å²) in [5, 5.41) is 25.0. The van der Waals surface area contributed by atoms with Crippen LogP contribution in [-0.2, 0) is 17.9 Å². The smallest absolute Gasteiger partial charge is 0.269 e. The monoisotopic (exact) mass is 328 g/mol. The minimum Gasteiger partial charge on any atom is -0.467 e. The van der Waals surface area contributed by atoms with Crippen molar-refractivity contribution in [3.05, 3.63) is 58.5 Å². The lowest BCUT2D eigenvalue weighted by Gasteiger charge is -2.01. The summed E-state index contributed by atoms with van der Waals surface area (Å²) in [5.41, 5.74) is 0.547. The third-order valence-corrected chi connectivity index (χ3v) is 3.11. The number of nitrogens with one attached hydrogen (secondary N) is 1. The molecule has 0 radical (unpaired) electrons. The molecule has 0 fully saturated rings. The number of carbonyl (C=O) groups excluding carboxylic acids is 1. The molecule has 3 aromatic rings. The van der Waals surface area contributed by atoms with Gasteiger partial charge < -0.3 is 9.73 Å². The minimum atomic E-state index is -0.489. The van der Waals surface area contributed by atoms with E-state index in [9.17, 15) is 14.9 Å². The summed E-state index contributed by atoms with van der Waals surface area (Å²) in [6.07, 6.45) is 1.52.